The fraction of sp³-hybridized carbons (Fsp3) is 0.429. The molecular formula is C14H17N3S. The van der Waals surface area contributed by atoms with Gasteiger partial charge in [-0.2, -0.15) is 11.3 Å². The summed E-state index contributed by atoms with van der Waals surface area (Å²) in [6, 6.07) is 2.52. The van der Waals surface area contributed by atoms with Crippen LogP contribution in [0.5, 0.6) is 0 Å². The predicted molar refractivity (Wildman–Crippen MR) is 74.7 cm³/mol. The molecule has 0 fully saturated rings. The van der Waals surface area contributed by atoms with Gasteiger partial charge in [-0.1, -0.05) is 6.92 Å². The Labute approximate surface area is 111 Å². The molecule has 4 heteroatoms. The van der Waals surface area contributed by atoms with Crippen molar-refractivity contribution in [3.05, 3.63) is 34.3 Å². The molecule has 1 aliphatic carbocycles. The van der Waals surface area contributed by atoms with Crippen molar-refractivity contribution in [1.29, 1.82) is 0 Å². The number of hydrogen-bond donors (Lipinski definition) is 1. The zero-order valence-corrected chi connectivity index (χ0v) is 11.3. The Kier molecular flexibility index (Phi) is 3.39. The quantitative estimate of drug-likeness (QED) is 0.920. The molecule has 0 spiro atoms. The van der Waals surface area contributed by atoms with E-state index in [2.05, 4.69) is 34.1 Å². The number of nitrogens with one attached hydrogen (secondary N) is 1. The summed E-state index contributed by atoms with van der Waals surface area (Å²) < 4.78 is 0. The standard InChI is InChI=1S/C14H17N3S/c1-2-15-12-4-3-5-13-11(12)8-16-14(17-13)10-6-7-18-9-10/h6-9,12,15H,2-5H2,1H3. The Morgan fingerprint density at radius 2 is 2.44 bits per heavy atom. The van der Waals surface area contributed by atoms with Crippen molar-refractivity contribution in [2.45, 2.75) is 32.2 Å². The third-order valence-electron chi connectivity index (χ3n) is 3.41. The van der Waals surface area contributed by atoms with Gasteiger partial charge >= 0.3 is 0 Å². The van der Waals surface area contributed by atoms with Crippen LogP contribution in [0.1, 0.15) is 37.1 Å². The van der Waals surface area contributed by atoms with Gasteiger partial charge in [0.05, 0.1) is 0 Å². The lowest BCUT2D eigenvalue weighted by Gasteiger charge is -2.25. The molecule has 3 nitrogen and oxygen atoms in total. The first-order valence-corrected chi connectivity index (χ1v) is 7.44. The Morgan fingerprint density at radius 1 is 1.50 bits per heavy atom. The molecule has 1 atom stereocenters. The van der Waals surface area contributed by atoms with Crippen LogP contribution in [-0.2, 0) is 6.42 Å². The van der Waals surface area contributed by atoms with E-state index in [1.54, 1.807) is 11.3 Å². The molecule has 1 N–H and O–H groups in total. The summed E-state index contributed by atoms with van der Waals surface area (Å²) in [4.78, 5) is 9.27. The molecular weight excluding hydrogens is 242 g/mol. The van der Waals surface area contributed by atoms with E-state index in [0.29, 0.717) is 6.04 Å². The molecule has 0 bridgehead atoms. The topological polar surface area (TPSA) is 37.8 Å². The Morgan fingerprint density at radius 3 is 3.22 bits per heavy atom. The second kappa shape index (κ2) is 5.16. The Balaban J connectivity index is 1.95. The van der Waals surface area contributed by atoms with Gasteiger partial charge < -0.3 is 5.32 Å². The van der Waals surface area contributed by atoms with Gasteiger partial charge in [0.1, 0.15) is 0 Å². The van der Waals surface area contributed by atoms with Crippen molar-refractivity contribution < 1.29 is 0 Å². The number of rotatable bonds is 3. The molecule has 2 heterocycles. The van der Waals surface area contributed by atoms with E-state index in [0.717, 1.165) is 24.4 Å². The number of thiophene rings is 1. The molecule has 0 aliphatic heterocycles. The summed E-state index contributed by atoms with van der Waals surface area (Å²) in [6.07, 6.45) is 5.51. The summed E-state index contributed by atoms with van der Waals surface area (Å²) in [6.45, 7) is 3.14. The first-order valence-electron chi connectivity index (χ1n) is 6.50. The first kappa shape index (κ1) is 11.8. The second-order valence-corrected chi connectivity index (χ2v) is 5.39. The summed E-state index contributed by atoms with van der Waals surface area (Å²) in [5.41, 5.74) is 3.65. The lowest BCUT2D eigenvalue weighted by molar-refractivity contribution is 0.464. The van der Waals surface area contributed by atoms with Crippen LogP contribution in [0.3, 0.4) is 0 Å². The minimum atomic E-state index is 0.440. The third-order valence-corrected chi connectivity index (χ3v) is 4.09. The summed E-state index contributed by atoms with van der Waals surface area (Å²) in [5, 5.41) is 7.69. The number of fused-ring (bicyclic) bond motifs is 1. The SMILES string of the molecule is CCNC1CCCc2nc(-c3ccsc3)ncc21. The third kappa shape index (κ3) is 2.18. The fourth-order valence-corrected chi connectivity index (χ4v) is 3.17. The van der Waals surface area contributed by atoms with Crippen molar-refractivity contribution in [3.63, 3.8) is 0 Å². The average Bonchev–Trinajstić information content (AvgIpc) is 2.93. The maximum Gasteiger partial charge on any atom is 0.160 e. The van der Waals surface area contributed by atoms with Crippen LogP contribution >= 0.6 is 11.3 Å². The van der Waals surface area contributed by atoms with Crippen LogP contribution in [0.4, 0.5) is 0 Å². The van der Waals surface area contributed by atoms with Crippen LogP contribution < -0.4 is 5.32 Å². The van der Waals surface area contributed by atoms with E-state index in [-0.39, 0.29) is 0 Å². The van der Waals surface area contributed by atoms with Gasteiger partial charge in [0.15, 0.2) is 5.82 Å². The van der Waals surface area contributed by atoms with Crippen LogP contribution in [0, 0.1) is 0 Å². The summed E-state index contributed by atoms with van der Waals surface area (Å²) in [5.74, 6) is 0.868. The van der Waals surface area contributed by atoms with Gasteiger partial charge in [0.2, 0.25) is 0 Å². The lowest BCUT2D eigenvalue weighted by atomic mass is 9.92. The molecule has 2 aromatic rings. The van der Waals surface area contributed by atoms with Gasteiger partial charge in [0, 0.05) is 34.4 Å². The molecule has 2 aromatic heterocycles. The van der Waals surface area contributed by atoms with Crippen LogP contribution in [-0.4, -0.2) is 16.5 Å². The van der Waals surface area contributed by atoms with E-state index >= 15 is 0 Å². The van der Waals surface area contributed by atoms with Gasteiger partial charge in [-0.15, -0.1) is 0 Å². The molecule has 0 saturated heterocycles. The summed E-state index contributed by atoms with van der Waals surface area (Å²) >= 11 is 1.69. The van der Waals surface area contributed by atoms with E-state index in [1.807, 2.05) is 6.20 Å². The Bertz CT molecular complexity index is 522. The van der Waals surface area contributed by atoms with E-state index in [1.165, 1.54) is 24.1 Å². The van der Waals surface area contributed by atoms with Crippen LogP contribution in [0.15, 0.2) is 23.0 Å². The highest BCUT2D eigenvalue weighted by atomic mass is 32.1. The van der Waals surface area contributed by atoms with E-state index in [9.17, 15) is 0 Å². The van der Waals surface area contributed by atoms with Gasteiger partial charge in [-0.05, 0) is 37.3 Å². The van der Waals surface area contributed by atoms with Crippen molar-refractivity contribution in [2.24, 2.45) is 0 Å². The smallest absolute Gasteiger partial charge is 0.160 e. The zero-order valence-electron chi connectivity index (χ0n) is 10.5. The molecule has 3 rings (SSSR count). The average molecular weight is 259 g/mol. The number of aromatic nitrogens is 2. The largest absolute Gasteiger partial charge is 0.310 e. The molecule has 1 unspecified atom stereocenters. The number of hydrogen-bond acceptors (Lipinski definition) is 4. The van der Waals surface area contributed by atoms with E-state index < -0.39 is 0 Å². The molecule has 94 valence electrons. The summed E-state index contributed by atoms with van der Waals surface area (Å²) in [7, 11) is 0. The molecule has 1 aliphatic rings. The highest BCUT2D eigenvalue weighted by molar-refractivity contribution is 7.08. The number of nitrogens with zero attached hydrogens (tertiary/aromatic N) is 2. The van der Waals surface area contributed by atoms with Crippen molar-refractivity contribution in [1.82, 2.24) is 15.3 Å². The second-order valence-electron chi connectivity index (χ2n) is 4.61. The highest BCUT2D eigenvalue weighted by Gasteiger charge is 2.21. The van der Waals surface area contributed by atoms with Gasteiger partial charge in [-0.25, -0.2) is 9.97 Å². The minimum Gasteiger partial charge on any atom is -0.310 e. The molecule has 0 aromatic carbocycles. The monoisotopic (exact) mass is 259 g/mol. The van der Waals surface area contributed by atoms with E-state index in [4.69, 9.17) is 4.98 Å². The maximum absolute atomic E-state index is 4.74. The molecule has 0 radical (unpaired) electrons. The lowest BCUT2D eigenvalue weighted by Crippen LogP contribution is -2.25. The number of aryl methyl sites for hydroxylation is 1. The molecule has 0 amide bonds. The van der Waals surface area contributed by atoms with Crippen molar-refractivity contribution in [2.75, 3.05) is 6.54 Å². The Hall–Kier alpha value is -1.26. The zero-order chi connectivity index (χ0) is 12.4. The fourth-order valence-electron chi connectivity index (χ4n) is 2.54. The van der Waals surface area contributed by atoms with Gasteiger partial charge in [-0.3, -0.25) is 0 Å². The highest BCUT2D eigenvalue weighted by Crippen LogP contribution is 2.29. The van der Waals surface area contributed by atoms with Crippen molar-refractivity contribution >= 4 is 11.3 Å². The van der Waals surface area contributed by atoms with Crippen LogP contribution in [0.25, 0.3) is 11.4 Å². The van der Waals surface area contributed by atoms with Crippen molar-refractivity contribution in [3.8, 4) is 11.4 Å². The first-order chi connectivity index (χ1) is 8.88. The normalized spacial score (nSPS) is 18.6. The minimum absolute atomic E-state index is 0.440. The molecule has 0 saturated carbocycles. The maximum atomic E-state index is 4.74. The van der Waals surface area contributed by atoms with Gasteiger partial charge in [0.25, 0.3) is 0 Å². The molecule has 18 heavy (non-hydrogen) atoms. The predicted octanol–water partition coefficient (Wildman–Crippen LogP) is 3.19. The van der Waals surface area contributed by atoms with Crippen LogP contribution in [0.2, 0.25) is 0 Å².